The molecule has 1 saturated heterocycles. The molecule has 60 heavy (non-hydrogen) atoms. The van der Waals surface area contributed by atoms with Crippen LogP contribution in [-0.4, -0.2) is 133 Å². The summed E-state index contributed by atoms with van der Waals surface area (Å²) in [6, 6.07) is 2.38. The maximum absolute atomic E-state index is 14.4. The van der Waals surface area contributed by atoms with E-state index in [4.69, 9.17) is 9.47 Å². The van der Waals surface area contributed by atoms with Gasteiger partial charge in [-0.3, -0.25) is 33.7 Å². The molecule has 6 N–H and O–H groups in total. The molecule has 0 saturated carbocycles. The lowest BCUT2D eigenvalue weighted by atomic mass is 9.92. The number of nitrogens with one attached hydrogen (secondary N) is 5. The number of benzene rings is 1. The molecular formula is C41H62N8O10S. The third-order valence-electron chi connectivity index (χ3n) is 10.7. The smallest absolute Gasteiger partial charge is 0.326 e. The summed E-state index contributed by atoms with van der Waals surface area (Å²) >= 11 is 1.18. The first-order chi connectivity index (χ1) is 28.5. The van der Waals surface area contributed by atoms with Crippen LogP contribution >= 0.6 is 11.3 Å². The van der Waals surface area contributed by atoms with Gasteiger partial charge in [-0.2, -0.15) is 0 Å². The van der Waals surface area contributed by atoms with E-state index in [1.165, 1.54) is 37.9 Å². The van der Waals surface area contributed by atoms with Gasteiger partial charge in [-0.05, 0) is 62.9 Å². The van der Waals surface area contributed by atoms with Crippen molar-refractivity contribution in [2.24, 2.45) is 11.8 Å². The molecule has 2 heterocycles. The number of methoxy groups -OCH3 is 2. The predicted molar refractivity (Wildman–Crippen MR) is 225 cm³/mol. The molecule has 0 radical (unpaired) electrons. The van der Waals surface area contributed by atoms with Crippen LogP contribution in [0.25, 0.3) is 0 Å². The number of hydrogen-bond donors (Lipinski definition) is 6. The van der Waals surface area contributed by atoms with Crippen LogP contribution in [0.15, 0.2) is 29.6 Å². The van der Waals surface area contributed by atoms with Gasteiger partial charge in [0.1, 0.15) is 41.7 Å². The van der Waals surface area contributed by atoms with Crippen molar-refractivity contribution in [2.75, 3.05) is 46.4 Å². The van der Waals surface area contributed by atoms with Crippen molar-refractivity contribution in [1.29, 1.82) is 0 Å². The van der Waals surface area contributed by atoms with E-state index in [0.717, 1.165) is 25.8 Å². The highest BCUT2D eigenvalue weighted by molar-refractivity contribution is 7.09. The Balaban J connectivity index is 1.68. The van der Waals surface area contributed by atoms with Gasteiger partial charge in [-0.15, -0.1) is 11.3 Å². The van der Waals surface area contributed by atoms with Gasteiger partial charge >= 0.3 is 5.97 Å². The second-order valence-electron chi connectivity index (χ2n) is 15.5. The minimum Gasteiger partial charge on any atom is -0.480 e. The number of anilines is 1. The van der Waals surface area contributed by atoms with Crippen LogP contribution in [-0.2, 0) is 44.7 Å². The molecule has 7 atom stereocenters. The molecule has 0 spiro atoms. The van der Waals surface area contributed by atoms with E-state index in [-0.39, 0.29) is 55.1 Å². The Bertz CT molecular complexity index is 1760. The predicted octanol–water partition coefficient (Wildman–Crippen LogP) is 2.31. The molecule has 0 bridgehead atoms. The first-order valence-electron chi connectivity index (χ1n) is 20.2. The van der Waals surface area contributed by atoms with Gasteiger partial charge < -0.3 is 46.1 Å². The molecule has 6 amide bonds. The minimum absolute atomic E-state index is 0.0211. The fraction of sp³-hybridized carbons (Fsp3) is 0.610. The van der Waals surface area contributed by atoms with Crippen LogP contribution in [0.4, 0.5) is 5.69 Å². The van der Waals surface area contributed by atoms with Crippen LogP contribution in [0.5, 0.6) is 0 Å². The van der Waals surface area contributed by atoms with Crippen LogP contribution in [0.2, 0.25) is 0 Å². The molecule has 1 aliphatic heterocycles. The van der Waals surface area contributed by atoms with Crippen molar-refractivity contribution < 1.29 is 48.1 Å². The number of carboxylic acids is 1. The van der Waals surface area contributed by atoms with E-state index < -0.39 is 54.0 Å². The van der Waals surface area contributed by atoms with Crippen molar-refractivity contribution in [3.63, 3.8) is 0 Å². The Morgan fingerprint density at radius 2 is 1.73 bits per heavy atom. The third kappa shape index (κ3) is 14.3. The zero-order valence-electron chi connectivity index (χ0n) is 35.8. The molecular weight excluding hydrogens is 797 g/mol. The normalized spacial score (nSPS) is 17.2. The number of rotatable bonds is 24. The summed E-state index contributed by atoms with van der Waals surface area (Å²) in [5.41, 5.74) is 1.02. The van der Waals surface area contributed by atoms with Gasteiger partial charge in [0.05, 0.1) is 12.6 Å². The minimum atomic E-state index is -1.32. The number of piperidine rings is 1. The second kappa shape index (κ2) is 24.3. The average molecular weight is 859 g/mol. The lowest BCUT2D eigenvalue weighted by Crippen LogP contribution is -2.59. The number of likely N-dealkylation sites (N-methyl/N-ethyl adjacent to an activating group) is 1. The van der Waals surface area contributed by atoms with Gasteiger partial charge in [-0.1, -0.05) is 52.7 Å². The summed E-state index contributed by atoms with van der Waals surface area (Å²) in [7, 11) is 4.96. The van der Waals surface area contributed by atoms with E-state index in [9.17, 15) is 38.7 Å². The number of thiazole rings is 1. The summed E-state index contributed by atoms with van der Waals surface area (Å²) in [6.07, 6.45) is 3.36. The van der Waals surface area contributed by atoms with Gasteiger partial charge in [0.2, 0.25) is 30.0 Å². The summed E-state index contributed by atoms with van der Waals surface area (Å²) in [4.78, 5) is 96.9. The first-order valence-corrected chi connectivity index (χ1v) is 21.1. The number of aliphatic carboxylic acids is 1. The molecule has 0 aliphatic carbocycles. The van der Waals surface area contributed by atoms with E-state index in [1.807, 2.05) is 39.6 Å². The number of likely N-dealkylation sites (tertiary alicyclic amines) is 1. The Hall–Kier alpha value is -4.98. The Labute approximate surface area is 355 Å². The van der Waals surface area contributed by atoms with Crippen molar-refractivity contribution >= 4 is 58.9 Å². The average Bonchev–Trinajstić information content (AvgIpc) is 3.72. The second-order valence-corrected chi connectivity index (χ2v) is 16.4. The van der Waals surface area contributed by atoms with E-state index >= 15 is 0 Å². The van der Waals surface area contributed by atoms with Crippen LogP contribution in [0.1, 0.15) is 93.9 Å². The number of nitrogens with zero attached hydrogens (tertiary/aromatic N) is 3. The fourth-order valence-electron chi connectivity index (χ4n) is 6.93. The summed E-state index contributed by atoms with van der Waals surface area (Å²) in [5, 5.41) is 24.8. The van der Waals surface area contributed by atoms with Gasteiger partial charge in [0, 0.05) is 44.2 Å². The maximum Gasteiger partial charge on any atom is 0.326 e. The topological polar surface area (TPSA) is 238 Å². The SMILES string of the molecule is CC[C@H](C)[C@H](NC(=O)[C@H]1CCCCN1C)C(=O)N(COC)[C@H](C[C@@H](OC)c1nc(C(=O)N[C@@H](C)C(=O)N[C@@H](Cc2ccc(NC(=O)CNC=O)cc2)C(=O)O)cs1)C(C)C. The van der Waals surface area contributed by atoms with Crippen molar-refractivity contribution in [1.82, 2.24) is 36.1 Å². The van der Waals surface area contributed by atoms with Gasteiger partial charge in [0.25, 0.3) is 5.91 Å². The van der Waals surface area contributed by atoms with Crippen molar-refractivity contribution in [2.45, 2.75) is 109 Å². The highest BCUT2D eigenvalue weighted by Gasteiger charge is 2.38. The van der Waals surface area contributed by atoms with Crippen LogP contribution in [0, 0.1) is 11.8 Å². The molecule has 0 unspecified atom stereocenters. The number of hydrogen-bond acceptors (Lipinski definition) is 12. The molecule has 19 heteroatoms. The largest absolute Gasteiger partial charge is 0.480 e. The molecule has 1 aliphatic rings. The molecule has 2 aromatic rings. The number of amides is 6. The number of aromatic nitrogens is 1. The summed E-state index contributed by atoms with van der Waals surface area (Å²) < 4.78 is 11.4. The summed E-state index contributed by atoms with van der Waals surface area (Å²) in [5.74, 6) is -3.75. The molecule has 3 rings (SSSR count). The lowest BCUT2D eigenvalue weighted by Gasteiger charge is -2.39. The number of carboxylic acid groups (broad SMARTS) is 1. The highest BCUT2D eigenvalue weighted by Crippen LogP contribution is 2.31. The van der Waals surface area contributed by atoms with Crippen molar-refractivity contribution in [3.05, 3.63) is 45.9 Å². The lowest BCUT2D eigenvalue weighted by molar-refractivity contribution is -0.148. The fourth-order valence-corrected chi connectivity index (χ4v) is 7.82. The number of carbonyl (C=O) groups excluding carboxylic acids is 6. The zero-order chi connectivity index (χ0) is 44.5. The van der Waals surface area contributed by atoms with Crippen LogP contribution in [0.3, 0.4) is 0 Å². The van der Waals surface area contributed by atoms with Gasteiger partial charge in [-0.25, -0.2) is 9.78 Å². The zero-order valence-corrected chi connectivity index (χ0v) is 36.6. The Morgan fingerprint density at radius 1 is 1.03 bits per heavy atom. The standard InChI is InChI=1S/C41H62N8O10S/c1-9-25(4)35(47-38(54)31-12-10-11-17-48(31)6)40(55)49(23-58-7)32(24(2)3)19-33(59-8)39-46-30(21-60-39)37(53)43-26(5)36(52)45-29(41(56)57)18-27-13-15-28(16-14-27)44-34(51)20-42-22-50/h13-16,21-22,24-26,29,31-33,35H,9-12,17-20,23H2,1-8H3,(H,42,50)(H,43,53)(H,44,51)(H,45,52)(H,47,54)(H,56,57)/t25-,26-,29-,31+,32+,33+,35-/m0/s1. The van der Waals surface area contributed by atoms with E-state index in [0.29, 0.717) is 35.5 Å². The van der Waals surface area contributed by atoms with E-state index in [1.54, 1.807) is 29.2 Å². The van der Waals surface area contributed by atoms with E-state index in [2.05, 4.69) is 31.6 Å². The van der Waals surface area contributed by atoms with Crippen molar-refractivity contribution in [3.8, 4) is 0 Å². The Morgan fingerprint density at radius 3 is 2.32 bits per heavy atom. The first kappa shape index (κ1) is 49.4. The number of carbonyl (C=O) groups is 7. The van der Waals surface area contributed by atoms with Crippen LogP contribution < -0.4 is 26.6 Å². The quantitative estimate of drug-likeness (QED) is 0.0659. The number of ether oxygens (including phenoxy) is 2. The highest BCUT2D eigenvalue weighted by atomic mass is 32.1. The molecule has 18 nitrogen and oxygen atoms in total. The molecule has 1 fully saturated rings. The monoisotopic (exact) mass is 858 g/mol. The molecule has 1 aromatic carbocycles. The Kier molecular flexibility index (Phi) is 20.0. The molecule has 1 aromatic heterocycles. The third-order valence-corrected chi connectivity index (χ3v) is 11.7. The maximum atomic E-state index is 14.4. The molecule has 332 valence electrons. The summed E-state index contributed by atoms with van der Waals surface area (Å²) in [6.45, 7) is 9.91. The van der Waals surface area contributed by atoms with Gasteiger partial charge in [0.15, 0.2) is 0 Å².